The Morgan fingerprint density at radius 2 is 1.84 bits per heavy atom. The van der Waals surface area contributed by atoms with Crippen molar-refractivity contribution in [3.63, 3.8) is 0 Å². The summed E-state index contributed by atoms with van der Waals surface area (Å²) in [5.41, 5.74) is 2.13. The number of hydrogen-bond acceptors (Lipinski definition) is 2. The Morgan fingerprint density at radius 1 is 1.16 bits per heavy atom. The molecule has 0 aliphatic rings. The van der Waals surface area contributed by atoms with Gasteiger partial charge in [0.1, 0.15) is 5.75 Å². The van der Waals surface area contributed by atoms with Crippen LogP contribution in [0.1, 0.15) is 5.56 Å². The average molecular weight is 406 g/mol. The number of anilines is 1. The first-order chi connectivity index (χ1) is 9.10. The van der Waals surface area contributed by atoms with Crippen molar-refractivity contribution in [1.82, 2.24) is 0 Å². The molecule has 1 N–H and O–H groups in total. The fourth-order valence-electron chi connectivity index (χ4n) is 1.71. The minimum absolute atomic E-state index is 0.710. The largest absolute Gasteiger partial charge is 0.494 e. The van der Waals surface area contributed by atoms with Crippen molar-refractivity contribution < 1.29 is 4.74 Å². The molecule has 0 saturated heterocycles. The molecule has 100 valence electrons. The predicted octanol–water partition coefficient (Wildman–Crippen LogP) is 5.49. The van der Waals surface area contributed by atoms with E-state index in [-0.39, 0.29) is 0 Å². The van der Waals surface area contributed by atoms with E-state index in [2.05, 4.69) is 37.2 Å². The van der Waals surface area contributed by atoms with Crippen LogP contribution in [0.25, 0.3) is 0 Å². The van der Waals surface area contributed by atoms with Gasteiger partial charge >= 0.3 is 0 Å². The minimum atomic E-state index is 0.710. The van der Waals surface area contributed by atoms with Crippen LogP contribution in [0.4, 0.5) is 5.69 Å². The van der Waals surface area contributed by atoms with E-state index in [4.69, 9.17) is 16.3 Å². The summed E-state index contributed by atoms with van der Waals surface area (Å²) in [5, 5.41) is 4.05. The maximum absolute atomic E-state index is 5.95. The SMILES string of the molecule is COc1c(Br)cc(CNc2cccc(Cl)c2)cc1Br. The van der Waals surface area contributed by atoms with Gasteiger partial charge in [0.15, 0.2) is 0 Å². The molecular formula is C14H12Br2ClNO. The molecule has 0 amide bonds. The second kappa shape index (κ2) is 6.64. The molecule has 0 heterocycles. The molecule has 0 unspecified atom stereocenters. The van der Waals surface area contributed by atoms with Gasteiger partial charge < -0.3 is 10.1 Å². The molecule has 2 aromatic carbocycles. The van der Waals surface area contributed by atoms with E-state index in [0.29, 0.717) is 6.54 Å². The van der Waals surface area contributed by atoms with E-state index < -0.39 is 0 Å². The van der Waals surface area contributed by atoms with Crippen LogP contribution in [0.2, 0.25) is 5.02 Å². The molecule has 0 aromatic heterocycles. The van der Waals surface area contributed by atoms with Crippen LogP contribution in [0.5, 0.6) is 5.75 Å². The van der Waals surface area contributed by atoms with Crippen LogP contribution in [0.3, 0.4) is 0 Å². The quantitative estimate of drug-likeness (QED) is 0.727. The van der Waals surface area contributed by atoms with Gasteiger partial charge in [-0.1, -0.05) is 17.7 Å². The van der Waals surface area contributed by atoms with Crippen LogP contribution >= 0.6 is 43.5 Å². The molecule has 0 saturated carbocycles. The molecule has 0 fully saturated rings. The molecule has 2 rings (SSSR count). The molecule has 0 atom stereocenters. The van der Waals surface area contributed by atoms with Gasteiger partial charge in [-0.3, -0.25) is 0 Å². The number of ether oxygens (including phenoxy) is 1. The van der Waals surface area contributed by atoms with Gasteiger partial charge in [0.05, 0.1) is 16.1 Å². The Labute approximate surface area is 134 Å². The molecule has 2 nitrogen and oxygen atoms in total. The number of halogens is 3. The van der Waals surface area contributed by atoms with Crippen molar-refractivity contribution in [3.8, 4) is 5.75 Å². The van der Waals surface area contributed by atoms with Crippen LogP contribution in [0.15, 0.2) is 45.3 Å². The Kier molecular flexibility index (Phi) is 5.13. The number of benzene rings is 2. The van der Waals surface area contributed by atoms with E-state index in [9.17, 15) is 0 Å². The molecule has 0 aliphatic carbocycles. The summed E-state index contributed by atoms with van der Waals surface area (Å²) in [6.45, 7) is 0.710. The molecule has 0 aliphatic heterocycles. The number of nitrogens with one attached hydrogen (secondary N) is 1. The lowest BCUT2D eigenvalue weighted by molar-refractivity contribution is 0.409. The number of methoxy groups -OCH3 is 1. The maximum Gasteiger partial charge on any atom is 0.147 e. The standard InChI is InChI=1S/C14H12Br2ClNO/c1-19-14-12(15)5-9(6-13(14)16)8-18-11-4-2-3-10(17)7-11/h2-7,18H,8H2,1H3. The van der Waals surface area contributed by atoms with Crippen LogP contribution in [0, 0.1) is 0 Å². The lowest BCUT2D eigenvalue weighted by atomic mass is 10.2. The third-order valence-corrected chi connectivity index (χ3v) is 4.00. The monoisotopic (exact) mass is 403 g/mol. The summed E-state index contributed by atoms with van der Waals surface area (Å²) >= 11 is 12.9. The van der Waals surface area contributed by atoms with Crippen molar-refractivity contribution in [2.75, 3.05) is 12.4 Å². The van der Waals surface area contributed by atoms with Crippen molar-refractivity contribution >= 4 is 49.1 Å². The summed E-state index contributed by atoms with van der Waals surface area (Å²) in [7, 11) is 1.65. The lowest BCUT2D eigenvalue weighted by Gasteiger charge is -2.11. The van der Waals surface area contributed by atoms with Crippen molar-refractivity contribution in [2.45, 2.75) is 6.54 Å². The smallest absolute Gasteiger partial charge is 0.147 e. The van der Waals surface area contributed by atoms with Crippen molar-refractivity contribution in [1.29, 1.82) is 0 Å². The third kappa shape index (κ3) is 3.88. The molecule has 19 heavy (non-hydrogen) atoms. The summed E-state index contributed by atoms with van der Waals surface area (Å²) in [6, 6.07) is 11.7. The van der Waals surface area contributed by atoms with Gasteiger partial charge in [-0.2, -0.15) is 0 Å². The van der Waals surface area contributed by atoms with Crippen molar-refractivity contribution in [3.05, 3.63) is 55.9 Å². The minimum Gasteiger partial charge on any atom is -0.494 e. The summed E-state index contributed by atoms with van der Waals surface area (Å²) < 4.78 is 7.12. The zero-order chi connectivity index (χ0) is 13.8. The molecule has 5 heteroatoms. The predicted molar refractivity (Wildman–Crippen MR) is 87.2 cm³/mol. The number of rotatable bonds is 4. The van der Waals surface area contributed by atoms with E-state index in [0.717, 1.165) is 31.0 Å². The van der Waals surface area contributed by atoms with E-state index in [1.54, 1.807) is 7.11 Å². The van der Waals surface area contributed by atoms with E-state index in [1.165, 1.54) is 0 Å². The van der Waals surface area contributed by atoms with Gasteiger partial charge in [0, 0.05) is 17.3 Å². The van der Waals surface area contributed by atoms with E-state index in [1.807, 2.05) is 36.4 Å². The van der Waals surface area contributed by atoms with Gasteiger partial charge in [-0.25, -0.2) is 0 Å². The Morgan fingerprint density at radius 3 is 2.42 bits per heavy atom. The van der Waals surface area contributed by atoms with Gasteiger partial charge in [-0.05, 0) is 67.8 Å². The highest BCUT2D eigenvalue weighted by molar-refractivity contribution is 9.11. The Hall–Kier alpha value is -0.710. The van der Waals surface area contributed by atoms with Crippen LogP contribution in [-0.4, -0.2) is 7.11 Å². The Balaban J connectivity index is 2.12. The highest BCUT2D eigenvalue weighted by Gasteiger charge is 2.07. The fraction of sp³-hybridized carbons (Fsp3) is 0.143. The van der Waals surface area contributed by atoms with Gasteiger partial charge in [0.2, 0.25) is 0 Å². The fourth-order valence-corrected chi connectivity index (χ4v) is 3.51. The first-order valence-electron chi connectivity index (χ1n) is 5.61. The molecular weight excluding hydrogens is 393 g/mol. The first-order valence-corrected chi connectivity index (χ1v) is 7.58. The molecule has 2 aromatic rings. The van der Waals surface area contributed by atoms with E-state index >= 15 is 0 Å². The normalized spacial score (nSPS) is 10.3. The van der Waals surface area contributed by atoms with Crippen LogP contribution in [-0.2, 0) is 6.54 Å². The second-order valence-corrected chi connectivity index (χ2v) is 6.10. The average Bonchev–Trinajstić information content (AvgIpc) is 2.36. The summed E-state index contributed by atoms with van der Waals surface area (Å²) in [4.78, 5) is 0. The summed E-state index contributed by atoms with van der Waals surface area (Å²) in [5.74, 6) is 0.798. The maximum atomic E-state index is 5.95. The number of hydrogen-bond donors (Lipinski definition) is 1. The molecule has 0 bridgehead atoms. The summed E-state index contributed by atoms with van der Waals surface area (Å²) in [6.07, 6.45) is 0. The van der Waals surface area contributed by atoms with Gasteiger partial charge in [0.25, 0.3) is 0 Å². The molecule has 0 spiro atoms. The highest BCUT2D eigenvalue weighted by Crippen LogP contribution is 2.34. The zero-order valence-electron chi connectivity index (χ0n) is 10.2. The second-order valence-electron chi connectivity index (χ2n) is 3.96. The third-order valence-electron chi connectivity index (χ3n) is 2.58. The lowest BCUT2D eigenvalue weighted by Crippen LogP contribution is -2.00. The highest BCUT2D eigenvalue weighted by atomic mass is 79.9. The first kappa shape index (κ1) is 14.7. The zero-order valence-corrected chi connectivity index (χ0v) is 14.1. The van der Waals surface area contributed by atoms with Gasteiger partial charge in [-0.15, -0.1) is 0 Å². The topological polar surface area (TPSA) is 21.3 Å². The Bertz CT molecular complexity index is 566. The molecule has 0 radical (unpaired) electrons. The van der Waals surface area contributed by atoms with Crippen LogP contribution < -0.4 is 10.1 Å². The van der Waals surface area contributed by atoms with Crippen molar-refractivity contribution in [2.24, 2.45) is 0 Å².